The van der Waals surface area contributed by atoms with Crippen LogP contribution in [-0.2, 0) is 28.6 Å². The largest absolute Gasteiger partial charge is 0.462 e. The third-order valence-electron chi connectivity index (χ3n) is 8.12. The number of hydrogen-bond acceptors (Lipinski definition) is 6. The van der Waals surface area contributed by atoms with Gasteiger partial charge in [-0.1, -0.05) is 162 Å². The van der Waals surface area contributed by atoms with Crippen LogP contribution in [0.4, 0.5) is 0 Å². The Morgan fingerprint density at radius 1 is 0.407 bits per heavy atom. The summed E-state index contributed by atoms with van der Waals surface area (Å²) in [5.74, 6) is -1.05. The summed E-state index contributed by atoms with van der Waals surface area (Å²) in [4.78, 5) is 37.6. The molecule has 302 valence electrons. The minimum atomic E-state index is -0.825. The smallest absolute Gasteiger partial charge is 0.306 e. The lowest BCUT2D eigenvalue weighted by molar-refractivity contribution is -0.167. The number of carbonyl (C=O) groups is 3. The van der Waals surface area contributed by atoms with Crippen molar-refractivity contribution >= 4 is 17.9 Å². The van der Waals surface area contributed by atoms with Gasteiger partial charge < -0.3 is 14.2 Å². The summed E-state index contributed by atoms with van der Waals surface area (Å²) in [7, 11) is 0. The van der Waals surface area contributed by atoms with Crippen molar-refractivity contribution in [3.05, 3.63) is 109 Å². The Kier molecular flexibility index (Phi) is 38.8. The quantitative estimate of drug-likeness (QED) is 0.0211. The molecule has 0 aliphatic rings. The molecule has 6 nitrogen and oxygen atoms in total. The van der Waals surface area contributed by atoms with Crippen LogP contribution in [-0.4, -0.2) is 37.2 Å². The van der Waals surface area contributed by atoms with Crippen molar-refractivity contribution in [1.82, 2.24) is 0 Å². The minimum absolute atomic E-state index is 0.121. The molecule has 0 N–H and O–H groups in total. The fraction of sp³-hybridized carbons (Fsp3) is 0.562. The first-order chi connectivity index (χ1) is 26.5. The van der Waals surface area contributed by atoms with Gasteiger partial charge in [0.25, 0.3) is 0 Å². The molecule has 0 saturated carbocycles. The van der Waals surface area contributed by atoms with E-state index in [1.54, 1.807) is 0 Å². The Morgan fingerprint density at radius 2 is 0.833 bits per heavy atom. The predicted molar refractivity (Wildman–Crippen MR) is 228 cm³/mol. The average Bonchev–Trinajstić information content (AvgIpc) is 3.17. The molecule has 0 aromatic carbocycles. The second-order valence-corrected chi connectivity index (χ2v) is 13.2. The Morgan fingerprint density at radius 3 is 1.43 bits per heavy atom. The summed E-state index contributed by atoms with van der Waals surface area (Å²) in [6.45, 7) is 6.19. The van der Waals surface area contributed by atoms with Gasteiger partial charge in [0, 0.05) is 19.3 Å². The molecule has 1 unspecified atom stereocenters. The lowest BCUT2D eigenvalue weighted by Crippen LogP contribution is -2.30. The van der Waals surface area contributed by atoms with Crippen LogP contribution >= 0.6 is 0 Å². The summed E-state index contributed by atoms with van der Waals surface area (Å²) in [6.07, 6.45) is 55.1. The fourth-order valence-corrected chi connectivity index (χ4v) is 4.99. The van der Waals surface area contributed by atoms with Gasteiger partial charge in [0.15, 0.2) is 6.10 Å². The first kappa shape index (κ1) is 50.1. The molecule has 0 fully saturated rings. The molecule has 0 aliphatic heterocycles. The van der Waals surface area contributed by atoms with Gasteiger partial charge in [-0.25, -0.2) is 0 Å². The molecular formula is C48H74O6. The van der Waals surface area contributed by atoms with Crippen molar-refractivity contribution in [2.24, 2.45) is 0 Å². The van der Waals surface area contributed by atoms with Crippen molar-refractivity contribution in [3.63, 3.8) is 0 Å². The Bertz CT molecular complexity index is 1180. The predicted octanol–water partition coefficient (Wildman–Crippen LogP) is 13.2. The molecule has 0 amide bonds. The van der Waals surface area contributed by atoms with Crippen molar-refractivity contribution in [1.29, 1.82) is 0 Å². The number of rotatable bonds is 35. The molecule has 0 bridgehead atoms. The number of hydrogen-bond donors (Lipinski definition) is 0. The maximum absolute atomic E-state index is 12.6. The monoisotopic (exact) mass is 747 g/mol. The van der Waals surface area contributed by atoms with Crippen molar-refractivity contribution in [3.8, 4) is 0 Å². The van der Waals surface area contributed by atoms with Crippen LogP contribution in [0, 0.1) is 0 Å². The molecule has 1 atom stereocenters. The zero-order valence-corrected chi connectivity index (χ0v) is 34.2. The van der Waals surface area contributed by atoms with Crippen LogP contribution < -0.4 is 0 Å². The second kappa shape index (κ2) is 41.8. The number of ether oxygens (including phenoxy) is 3. The van der Waals surface area contributed by atoms with E-state index in [2.05, 4.69) is 81.5 Å². The van der Waals surface area contributed by atoms with Crippen LogP contribution in [0.3, 0.4) is 0 Å². The Balaban J connectivity index is 4.57. The number of esters is 3. The van der Waals surface area contributed by atoms with Crippen molar-refractivity contribution in [2.45, 2.75) is 162 Å². The Hall–Kier alpha value is -3.93. The molecule has 0 heterocycles. The van der Waals surface area contributed by atoms with Crippen LogP contribution in [0.25, 0.3) is 0 Å². The maximum atomic E-state index is 12.6. The van der Waals surface area contributed by atoms with E-state index in [1.165, 1.54) is 12.8 Å². The summed E-state index contributed by atoms with van der Waals surface area (Å²) >= 11 is 0. The molecule has 0 radical (unpaired) electrons. The molecule has 0 saturated heterocycles. The third-order valence-corrected chi connectivity index (χ3v) is 8.12. The van der Waals surface area contributed by atoms with Gasteiger partial charge in [-0.2, -0.15) is 0 Å². The first-order valence-electron chi connectivity index (χ1n) is 21.0. The minimum Gasteiger partial charge on any atom is -0.462 e. The highest BCUT2D eigenvalue weighted by atomic mass is 16.6. The van der Waals surface area contributed by atoms with Gasteiger partial charge in [0.2, 0.25) is 0 Å². The van der Waals surface area contributed by atoms with Gasteiger partial charge in [-0.15, -0.1) is 0 Å². The van der Waals surface area contributed by atoms with E-state index < -0.39 is 6.10 Å². The van der Waals surface area contributed by atoms with E-state index in [1.807, 2.05) is 48.6 Å². The summed E-state index contributed by atoms with van der Waals surface area (Å²) in [5, 5.41) is 0. The molecule has 0 aromatic rings. The number of carbonyl (C=O) groups excluding carboxylic acids is 3. The first-order valence-corrected chi connectivity index (χ1v) is 21.0. The van der Waals surface area contributed by atoms with E-state index in [9.17, 15) is 14.4 Å². The third kappa shape index (κ3) is 39.3. The molecule has 54 heavy (non-hydrogen) atoms. The molecule has 6 heteroatoms. The highest BCUT2D eigenvalue weighted by Gasteiger charge is 2.19. The zero-order chi connectivity index (χ0) is 39.4. The molecule has 0 aromatic heterocycles. The highest BCUT2D eigenvalue weighted by molar-refractivity contribution is 5.71. The fourth-order valence-electron chi connectivity index (χ4n) is 4.99. The van der Waals surface area contributed by atoms with Crippen molar-refractivity contribution < 1.29 is 28.6 Å². The topological polar surface area (TPSA) is 78.9 Å². The summed E-state index contributed by atoms with van der Waals surface area (Å²) in [6, 6.07) is 0. The van der Waals surface area contributed by atoms with E-state index in [0.29, 0.717) is 19.3 Å². The lowest BCUT2D eigenvalue weighted by Gasteiger charge is -2.18. The normalized spacial score (nSPS) is 13.2. The summed E-state index contributed by atoms with van der Waals surface area (Å²) < 4.78 is 16.5. The van der Waals surface area contributed by atoms with Crippen LogP contribution in [0.1, 0.15) is 156 Å². The van der Waals surface area contributed by atoms with Gasteiger partial charge in [0.1, 0.15) is 13.2 Å². The number of unbranched alkanes of at least 4 members (excludes halogenated alkanes) is 10. The molecule has 0 aliphatic carbocycles. The van der Waals surface area contributed by atoms with Crippen LogP contribution in [0.15, 0.2) is 109 Å². The van der Waals surface area contributed by atoms with Crippen LogP contribution in [0.5, 0.6) is 0 Å². The van der Waals surface area contributed by atoms with E-state index in [0.717, 1.165) is 96.3 Å². The van der Waals surface area contributed by atoms with E-state index in [-0.39, 0.29) is 37.5 Å². The lowest BCUT2D eigenvalue weighted by atomic mass is 10.1. The van der Waals surface area contributed by atoms with Gasteiger partial charge in [0.05, 0.1) is 0 Å². The second-order valence-electron chi connectivity index (χ2n) is 13.2. The standard InChI is InChI=1S/C48H74O6/c1-4-7-10-13-16-19-22-23-24-25-27-29-32-35-38-41-47(50)53-44-45(43-52-46(49)40-37-34-31-28-21-18-15-12-9-6-3)54-48(51)42-39-36-33-30-26-20-17-14-11-8-5-2/h7-8,10-11,13,15-20,22-25,27,30,33,45H,4-6,9,12,14,21,26,28-29,31-32,34-44H2,1-3H3/b10-7-,11-8-,16-13-,18-15-,20-17-,22-19-,24-23-,27-25-,33-30-. The van der Waals surface area contributed by atoms with Crippen LogP contribution in [0.2, 0.25) is 0 Å². The molecule has 0 rings (SSSR count). The van der Waals surface area contributed by atoms with Gasteiger partial charge >= 0.3 is 17.9 Å². The van der Waals surface area contributed by atoms with E-state index in [4.69, 9.17) is 14.2 Å². The molecular weight excluding hydrogens is 673 g/mol. The van der Waals surface area contributed by atoms with E-state index >= 15 is 0 Å². The zero-order valence-electron chi connectivity index (χ0n) is 34.2. The Labute approximate surface area is 330 Å². The SMILES string of the molecule is CC\C=C/C=C\C=C/C=C\C=C/CCCCCC(=O)OCC(COC(=O)CCCCCC/C=C\CCCC)OC(=O)CCC/C=C\C/C=C\C/C=C\CC. The van der Waals surface area contributed by atoms with Crippen molar-refractivity contribution in [2.75, 3.05) is 13.2 Å². The maximum Gasteiger partial charge on any atom is 0.306 e. The van der Waals surface area contributed by atoms with Gasteiger partial charge in [-0.05, 0) is 83.5 Å². The number of allylic oxidation sites excluding steroid dienone is 18. The highest BCUT2D eigenvalue weighted by Crippen LogP contribution is 2.10. The summed E-state index contributed by atoms with van der Waals surface area (Å²) in [5.41, 5.74) is 0. The average molecular weight is 747 g/mol. The van der Waals surface area contributed by atoms with Gasteiger partial charge in [-0.3, -0.25) is 14.4 Å². The molecule has 0 spiro atoms.